The number of pyridine rings is 1. The first-order valence-corrected chi connectivity index (χ1v) is 11.0. The molecule has 4 N–H and O–H groups in total. The minimum absolute atomic E-state index is 0.0723. The predicted molar refractivity (Wildman–Crippen MR) is 124 cm³/mol. The van der Waals surface area contributed by atoms with Crippen LogP contribution in [0.2, 0.25) is 0 Å². The van der Waals surface area contributed by atoms with Crippen molar-refractivity contribution in [3.63, 3.8) is 0 Å². The first kappa shape index (κ1) is 20.0. The minimum Gasteiger partial charge on any atom is -0.508 e. The van der Waals surface area contributed by atoms with Gasteiger partial charge in [0.05, 0.1) is 17.3 Å². The van der Waals surface area contributed by atoms with Crippen molar-refractivity contribution in [3.05, 3.63) is 54.1 Å². The monoisotopic (exact) mass is 416 g/mol. The summed E-state index contributed by atoms with van der Waals surface area (Å²) in [5.41, 5.74) is 10.0. The molecule has 0 spiro atoms. The Morgan fingerprint density at radius 2 is 1.94 bits per heavy atom. The molecule has 5 rings (SSSR count). The van der Waals surface area contributed by atoms with Crippen molar-refractivity contribution in [2.24, 2.45) is 17.6 Å². The number of nitrogens with one attached hydrogen (secondary N) is 1. The number of carbonyl (C=O) groups is 1. The molecule has 0 radical (unpaired) electrons. The van der Waals surface area contributed by atoms with E-state index in [1.165, 1.54) is 6.42 Å². The van der Waals surface area contributed by atoms with Gasteiger partial charge in [0.1, 0.15) is 5.75 Å². The van der Waals surface area contributed by atoms with Crippen LogP contribution < -0.4 is 16.0 Å². The van der Waals surface area contributed by atoms with E-state index >= 15 is 0 Å². The van der Waals surface area contributed by atoms with Gasteiger partial charge in [-0.2, -0.15) is 0 Å². The third-order valence-corrected chi connectivity index (χ3v) is 6.67. The number of aromatic hydroxyl groups is 1. The molecule has 0 saturated carbocycles. The number of nitrogens with two attached hydrogens (primary N) is 1. The molecule has 3 aromatic rings. The van der Waals surface area contributed by atoms with E-state index in [1.807, 2.05) is 30.3 Å². The number of hydrogen-bond donors (Lipinski definition) is 3. The molecule has 3 heterocycles. The van der Waals surface area contributed by atoms with E-state index in [-0.39, 0.29) is 11.5 Å². The molecule has 2 saturated heterocycles. The molecule has 2 aliphatic rings. The van der Waals surface area contributed by atoms with Gasteiger partial charge in [-0.25, -0.2) is 4.98 Å². The highest BCUT2D eigenvalue weighted by molar-refractivity contribution is 6.00. The number of anilines is 1. The quantitative estimate of drug-likeness (QED) is 0.566. The Hall–Kier alpha value is -2.96. The smallest absolute Gasteiger partial charge is 0.179 e. The largest absolute Gasteiger partial charge is 0.508 e. The number of Topliss-reactive ketones (excluding diaryl/α,β-unsaturated/α-hetero) is 1. The minimum atomic E-state index is -0.521. The van der Waals surface area contributed by atoms with Gasteiger partial charge in [0.15, 0.2) is 5.78 Å². The third kappa shape index (κ3) is 3.77. The standard InChI is InChI=1S/C25H28N4O2/c1-15(26)25(31)17-4-2-16(3-5-17)22-11-24(21-7-6-20(30)10-23(21)28-22)29-13-18-8-9-27-12-19(18)14-29/h2-7,10-11,15,18-19,27,30H,8-9,12-14,26H2,1H3. The van der Waals surface area contributed by atoms with E-state index in [4.69, 9.17) is 10.7 Å². The Morgan fingerprint density at radius 1 is 1.16 bits per heavy atom. The van der Waals surface area contributed by atoms with Gasteiger partial charge >= 0.3 is 0 Å². The average molecular weight is 417 g/mol. The fourth-order valence-corrected chi connectivity index (χ4v) is 4.94. The lowest BCUT2D eigenvalue weighted by Crippen LogP contribution is -2.35. The molecular formula is C25H28N4O2. The Bertz CT molecular complexity index is 1110. The molecule has 3 atom stereocenters. The molecule has 6 nitrogen and oxygen atoms in total. The normalized spacial score (nSPS) is 21.8. The van der Waals surface area contributed by atoms with E-state index in [0.29, 0.717) is 17.4 Å². The van der Waals surface area contributed by atoms with Crippen molar-refractivity contribution in [3.8, 4) is 17.0 Å². The summed E-state index contributed by atoms with van der Waals surface area (Å²) >= 11 is 0. The summed E-state index contributed by atoms with van der Waals surface area (Å²) in [7, 11) is 0. The zero-order valence-electron chi connectivity index (χ0n) is 17.7. The van der Waals surface area contributed by atoms with Crippen LogP contribution in [0.1, 0.15) is 23.7 Å². The number of hydrogen-bond acceptors (Lipinski definition) is 6. The van der Waals surface area contributed by atoms with Crippen molar-refractivity contribution in [1.82, 2.24) is 10.3 Å². The molecule has 2 aromatic carbocycles. The molecular weight excluding hydrogens is 388 g/mol. The lowest BCUT2D eigenvalue weighted by molar-refractivity contribution is 0.0968. The summed E-state index contributed by atoms with van der Waals surface area (Å²) in [4.78, 5) is 19.5. The number of piperidine rings is 1. The number of aromatic nitrogens is 1. The summed E-state index contributed by atoms with van der Waals surface area (Å²) in [5.74, 6) is 1.52. The molecule has 0 bridgehead atoms. The van der Waals surface area contributed by atoms with Gasteiger partial charge in [0.2, 0.25) is 0 Å². The fraction of sp³-hybridized carbons (Fsp3) is 0.360. The zero-order chi connectivity index (χ0) is 21.5. The number of nitrogens with zero attached hydrogens (tertiary/aromatic N) is 2. The maximum atomic E-state index is 12.2. The Balaban J connectivity index is 1.56. The summed E-state index contributed by atoms with van der Waals surface area (Å²) in [5, 5.41) is 14.6. The van der Waals surface area contributed by atoms with Crippen molar-refractivity contribution >= 4 is 22.4 Å². The Kier molecular flexibility index (Phi) is 5.12. The second-order valence-electron chi connectivity index (χ2n) is 8.88. The molecule has 31 heavy (non-hydrogen) atoms. The number of ketones is 1. The van der Waals surface area contributed by atoms with Crippen LogP contribution in [-0.2, 0) is 0 Å². The topological polar surface area (TPSA) is 91.5 Å². The predicted octanol–water partition coefficient (Wildman–Crippen LogP) is 3.18. The van der Waals surface area contributed by atoms with Crippen molar-refractivity contribution < 1.29 is 9.90 Å². The molecule has 0 aliphatic carbocycles. The number of fused-ring (bicyclic) bond motifs is 2. The zero-order valence-corrected chi connectivity index (χ0v) is 17.7. The summed E-state index contributed by atoms with van der Waals surface area (Å²) in [6.45, 7) is 5.94. The van der Waals surface area contributed by atoms with E-state index in [2.05, 4.69) is 16.3 Å². The molecule has 3 unspecified atom stereocenters. The van der Waals surface area contributed by atoms with Crippen molar-refractivity contribution in [2.75, 3.05) is 31.1 Å². The van der Waals surface area contributed by atoms with Crippen LogP contribution >= 0.6 is 0 Å². The average Bonchev–Trinajstić information content (AvgIpc) is 3.22. The number of phenolic OH excluding ortho intramolecular Hbond substituents is 1. The van der Waals surface area contributed by atoms with Crippen LogP contribution in [0.25, 0.3) is 22.2 Å². The Labute approximate surface area is 182 Å². The van der Waals surface area contributed by atoms with Crippen LogP contribution in [0.3, 0.4) is 0 Å². The summed E-state index contributed by atoms with van der Waals surface area (Å²) < 4.78 is 0. The summed E-state index contributed by atoms with van der Waals surface area (Å²) in [6.07, 6.45) is 1.22. The van der Waals surface area contributed by atoms with Gasteiger partial charge in [-0.05, 0) is 56.5 Å². The van der Waals surface area contributed by atoms with Crippen molar-refractivity contribution in [2.45, 2.75) is 19.4 Å². The Morgan fingerprint density at radius 3 is 2.68 bits per heavy atom. The molecule has 6 heteroatoms. The highest BCUT2D eigenvalue weighted by Gasteiger charge is 2.35. The van der Waals surface area contributed by atoms with E-state index in [0.717, 1.165) is 54.0 Å². The van der Waals surface area contributed by atoms with Gasteiger partial charge in [-0.15, -0.1) is 0 Å². The summed E-state index contributed by atoms with van der Waals surface area (Å²) in [6, 6.07) is 14.5. The molecule has 1 aromatic heterocycles. The number of benzene rings is 2. The molecule has 160 valence electrons. The highest BCUT2D eigenvalue weighted by Crippen LogP contribution is 2.38. The van der Waals surface area contributed by atoms with E-state index < -0.39 is 6.04 Å². The van der Waals surface area contributed by atoms with Crippen LogP contribution in [0, 0.1) is 11.8 Å². The van der Waals surface area contributed by atoms with Gasteiger partial charge in [-0.3, -0.25) is 4.79 Å². The van der Waals surface area contributed by atoms with Gasteiger partial charge in [0, 0.05) is 41.4 Å². The number of rotatable bonds is 4. The molecule has 2 aliphatic heterocycles. The SMILES string of the molecule is CC(N)C(=O)c1ccc(-c2cc(N3CC4CCNCC4C3)c3ccc(O)cc3n2)cc1. The maximum absolute atomic E-state index is 12.2. The van der Waals surface area contributed by atoms with E-state index in [1.54, 1.807) is 19.1 Å². The highest BCUT2D eigenvalue weighted by atomic mass is 16.3. The second-order valence-corrected chi connectivity index (χ2v) is 8.88. The van der Waals surface area contributed by atoms with E-state index in [9.17, 15) is 9.90 Å². The molecule has 2 fully saturated rings. The van der Waals surface area contributed by atoms with Crippen molar-refractivity contribution in [1.29, 1.82) is 0 Å². The third-order valence-electron chi connectivity index (χ3n) is 6.67. The van der Waals surface area contributed by atoms with Crippen LogP contribution in [0.15, 0.2) is 48.5 Å². The van der Waals surface area contributed by atoms with Crippen LogP contribution in [0.5, 0.6) is 5.75 Å². The molecule has 0 amide bonds. The number of carbonyl (C=O) groups excluding carboxylic acids is 1. The fourth-order valence-electron chi connectivity index (χ4n) is 4.94. The van der Waals surface area contributed by atoms with Crippen LogP contribution in [-0.4, -0.2) is 48.1 Å². The van der Waals surface area contributed by atoms with Gasteiger partial charge < -0.3 is 21.1 Å². The van der Waals surface area contributed by atoms with Gasteiger partial charge in [-0.1, -0.05) is 24.3 Å². The van der Waals surface area contributed by atoms with Crippen LogP contribution in [0.4, 0.5) is 5.69 Å². The first-order chi connectivity index (χ1) is 15.0. The second kappa shape index (κ2) is 7.94. The maximum Gasteiger partial charge on any atom is 0.179 e. The number of phenols is 1. The lowest BCUT2D eigenvalue weighted by Gasteiger charge is -2.23. The lowest BCUT2D eigenvalue weighted by atomic mass is 9.90. The first-order valence-electron chi connectivity index (χ1n) is 11.0. The van der Waals surface area contributed by atoms with Gasteiger partial charge in [0.25, 0.3) is 0 Å².